The number of rotatable bonds is 5. The molecule has 13 heavy (non-hydrogen) atoms. The summed E-state index contributed by atoms with van der Waals surface area (Å²) in [6.45, 7) is 9.16. The van der Waals surface area contributed by atoms with Crippen LogP contribution >= 0.6 is 0 Å². The summed E-state index contributed by atoms with van der Waals surface area (Å²) in [5, 5.41) is 0. The molecule has 0 radical (unpaired) electrons. The summed E-state index contributed by atoms with van der Waals surface area (Å²) in [6, 6.07) is 0. The summed E-state index contributed by atoms with van der Waals surface area (Å²) in [7, 11) is 0. The van der Waals surface area contributed by atoms with Crippen LogP contribution in [0.3, 0.4) is 0 Å². The van der Waals surface area contributed by atoms with Crippen LogP contribution in [0.25, 0.3) is 0 Å². The van der Waals surface area contributed by atoms with Gasteiger partial charge < -0.3 is 4.99 Å². The van der Waals surface area contributed by atoms with Gasteiger partial charge >= 0.3 is 0 Å². The van der Waals surface area contributed by atoms with Gasteiger partial charge in [-0.15, -0.1) is 0 Å². The van der Waals surface area contributed by atoms with E-state index in [0.29, 0.717) is 0 Å². The minimum Gasteiger partial charge on any atom is -0.301 e. The molecule has 0 heterocycles. The first-order valence-corrected chi connectivity index (χ1v) is 5.64. The van der Waals surface area contributed by atoms with Gasteiger partial charge in [-0.3, -0.25) is 0 Å². The average molecular weight is 181 g/mol. The molecule has 0 aromatic heterocycles. The zero-order valence-electron chi connectivity index (χ0n) is 9.13. The van der Waals surface area contributed by atoms with Crippen molar-refractivity contribution in [2.75, 3.05) is 6.54 Å². The van der Waals surface area contributed by atoms with Crippen molar-refractivity contribution in [1.82, 2.24) is 0 Å². The van der Waals surface area contributed by atoms with Gasteiger partial charge in [0.15, 0.2) is 0 Å². The normalized spacial score (nSPS) is 30.3. The predicted molar refractivity (Wildman–Crippen MR) is 59.3 cm³/mol. The smallest absolute Gasteiger partial charge is 0.0407 e. The molecule has 3 unspecified atom stereocenters. The Morgan fingerprint density at radius 3 is 2.77 bits per heavy atom. The van der Waals surface area contributed by atoms with Gasteiger partial charge in [0.2, 0.25) is 0 Å². The maximum atomic E-state index is 3.95. The van der Waals surface area contributed by atoms with Crippen LogP contribution in [0, 0.1) is 17.8 Å². The molecule has 0 spiro atoms. The lowest BCUT2D eigenvalue weighted by Crippen LogP contribution is -2.03. The lowest BCUT2D eigenvalue weighted by atomic mass is 9.95. The highest BCUT2D eigenvalue weighted by Gasteiger charge is 2.21. The zero-order chi connectivity index (χ0) is 9.68. The van der Waals surface area contributed by atoms with Crippen molar-refractivity contribution in [2.45, 2.75) is 46.0 Å². The Kier molecular flexibility index (Phi) is 4.47. The first-order valence-electron chi connectivity index (χ1n) is 5.64. The third-order valence-electron chi connectivity index (χ3n) is 3.31. The van der Waals surface area contributed by atoms with Crippen LogP contribution in [0.4, 0.5) is 0 Å². The Morgan fingerprint density at radius 2 is 2.23 bits per heavy atom. The van der Waals surface area contributed by atoms with E-state index in [0.717, 1.165) is 24.3 Å². The van der Waals surface area contributed by atoms with Gasteiger partial charge in [0, 0.05) is 6.54 Å². The van der Waals surface area contributed by atoms with E-state index in [9.17, 15) is 0 Å². The summed E-state index contributed by atoms with van der Waals surface area (Å²) < 4.78 is 0. The largest absolute Gasteiger partial charge is 0.301 e. The molecule has 0 aliphatic heterocycles. The fraction of sp³-hybridized carbons (Fsp3) is 0.917. The van der Waals surface area contributed by atoms with Gasteiger partial charge in [-0.05, 0) is 37.3 Å². The van der Waals surface area contributed by atoms with Crippen molar-refractivity contribution in [1.29, 1.82) is 0 Å². The Labute approximate surface area is 82.6 Å². The van der Waals surface area contributed by atoms with Gasteiger partial charge in [0.25, 0.3) is 0 Å². The molecule has 0 amide bonds. The van der Waals surface area contributed by atoms with Gasteiger partial charge in [0.1, 0.15) is 0 Å². The maximum Gasteiger partial charge on any atom is 0.0407 e. The first-order chi connectivity index (χ1) is 6.22. The molecule has 1 aliphatic rings. The van der Waals surface area contributed by atoms with Crippen molar-refractivity contribution >= 4 is 6.72 Å². The van der Waals surface area contributed by atoms with E-state index >= 15 is 0 Å². The standard InChI is InChI=1S/C12H23N/c1-10-4-6-12(8-10)7-5-11(2)9-13-3/h10-12H,3-9H2,1-2H3. The van der Waals surface area contributed by atoms with Crippen molar-refractivity contribution in [3.63, 3.8) is 0 Å². The summed E-state index contributed by atoms with van der Waals surface area (Å²) in [6.07, 6.45) is 7.15. The minimum atomic E-state index is 0.744. The van der Waals surface area contributed by atoms with Crippen molar-refractivity contribution < 1.29 is 0 Å². The van der Waals surface area contributed by atoms with Crippen LogP contribution in [0.15, 0.2) is 4.99 Å². The Hall–Kier alpha value is -0.330. The van der Waals surface area contributed by atoms with E-state index in [-0.39, 0.29) is 0 Å². The molecule has 1 saturated carbocycles. The SMILES string of the molecule is C=NCC(C)CCC1CCC(C)C1. The highest BCUT2D eigenvalue weighted by Crippen LogP contribution is 2.34. The van der Waals surface area contributed by atoms with Crippen LogP contribution in [-0.4, -0.2) is 13.3 Å². The second-order valence-electron chi connectivity index (χ2n) is 4.87. The van der Waals surface area contributed by atoms with E-state index in [1.807, 2.05) is 0 Å². The molecule has 3 atom stereocenters. The van der Waals surface area contributed by atoms with Crippen LogP contribution in [0.5, 0.6) is 0 Å². The van der Waals surface area contributed by atoms with Crippen LogP contribution < -0.4 is 0 Å². The zero-order valence-corrected chi connectivity index (χ0v) is 9.13. The van der Waals surface area contributed by atoms with Crippen LogP contribution in [0.1, 0.15) is 46.0 Å². The molecule has 0 N–H and O–H groups in total. The number of nitrogens with zero attached hydrogens (tertiary/aromatic N) is 1. The number of aliphatic imine (C=N–C) groups is 1. The van der Waals surface area contributed by atoms with E-state index in [4.69, 9.17) is 0 Å². The fourth-order valence-electron chi connectivity index (χ4n) is 2.42. The number of hydrogen-bond acceptors (Lipinski definition) is 1. The van der Waals surface area contributed by atoms with Crippen molar-refractivity contribution in [2.24, 2.45) is 22.7 Å². The van der Waals surface area contributed by atoms with Crippen LogP contribution in [0.2, 0.25) is 0 Å². The molecule has 1 fully saturated rings. The predicted octanol–water partition coefficient (Wildman–Crippen LogP) is 3.54. The third kappa shape index (κ3) is 3.93. The average Bonchev–Trinajstić information content (AvgIpc) is 2.49. The third-order valence-corrected chi connectivity index (χ3v) is 3.31. The highest BCUT2D eigenvalue weighted by atomic mass is 14.7. The minimum absolute atomic E-state index is 0.744. The first kappa shape index (κ1) is 10.7. The molecule has 1 aliphatic carbocycles. The lowest BCUT2D eigenvalue weighted by molar-refractivity contribution is 0.411. The number of hydrogen-bond donors (Lipinski definition) is 0. The monoisotopic (exact) mass is 181 g/mol. The second kappa shape index (κ2) is 5.41. The van der Waals surface area contributed by atoms with Crippen molar-refractivity contribution in [3.8, 4) is 0 Å². The molecular formula is C12H23N. The summed E-state index contributed by atoms with van der Waals surface area (Å²) in [5.41, 5.74) is 0. The Morgan fingerprint density at radius 1 is 1.46 bits per heavy atom. The molecular weight excluding hydrogens is 158 g/mol. The van der Waals surface area contributed by atoms with Crippen molar-refractivity contribution in [3.05, 3.63) is 0 Å². The fourth-order valence-corrected chi connectivity index (χ4v) is 2.42. The van der Waals surface area contributed by atoms with E-state index in [2.05, 4.69) is 25.6 Å². The highest BCUT2D eigenvalue weighted by molar-refractivity contribution is 5.23. The molecule has 0 saturated heterocycles. The Bertz CT molecular complexity index is 153. The van der Waals surface area contributed by atoms with E-state index < -0.39 is 0 Å². The summed E-state index contributed by atoms with van der Waals surface area (Å²) >= 11 is 0. The van der Waals surface area contributed by atoms with Gasteiger partial charge in [-0.1, -0.05) is 33.1 Å². The lowest BCUT2D eigenvalue weighted by Gasteiger charge is -2.12. The summed E-state index contributed by atoms with van der Waals surface area (Å²) in [5.74, 6) is 2.74. The molecule has 0 aromatic rings. The summed E-state index contributed by atoms with van der Waals surface area (Å²) in [4.78, 5) is 3.95. The topological polar surface area (TPSA) is 12.4 Å². The molecule has 0 aromatic carbocycles. The molecule has 1 heteroatoms. The van der Waals surface area contributed by atoms with Gasteiger partial charge in [-0.25, -0.2) is 0 Å². The van der Waals surface area contributed by atoms with Gasteiger partial charge in [0.05, 0.1) is 0 Å². The van der Waals surface area contributed by atoms with Crippen LogP contribution in [-0.2, 0) is 0 Å². The van der Waals surface area contributed by atoms with E-state index in [1.165, 1.54) is 32.1 Å². The maximum absolute atomic E-state index is 3.95. The van der Waals surface area contributed by atoms with E-state index in [1.54, 1.807) is 0 Å². The second-order valence-corrected chi connectivity index (χ2v) is 4.87. The molecule has 76 valence electrons. The molecule has 1 nitrogen and oxygen atoms in total. The molecule has 1 rings (SSSR count). The Balaban J connectivity index is 2.08. The van der Waals surface area contributed by atoms with Gasteiger partial charge in [-0.2, -0.15) is 0 Å². The molecule has 0 bridgehead atoms. The quantitative estimate of drug-likeness (QED) is 0.575.